The molecule has 70 valence electrons. The number of aromatic nitrogens is 1. The number of hydrogen-bond donors (Lipinski definition) is 1. The average Bonchev–Trinajstić information content (AvgIpc) is 2.71. The summed E-state index contributed by atoms with van der Waals surface area (Å²) in [6, 6.07) is 5.54. The molecule has 2 atom stereocenters. The van der Waals surface area contributed by atoms with Crippen molar-refractivity contribution in [2.24, 2.45) is 0 Å². The number of hydrogen-bond acceptors (Lipinski definition) is 3. The maximum Gasteiger partial charge on any atom is 0.122 e. The highest BCUT2D eigenvalue weighted by Crippen LogP contribution is 2.24. The Hall–Kier alpha value is -0.930. The zero-order valence-corrected chi connectivity index (χ0v) is 7.39. The molecule has 1 aromatic rings. The van der Waals surface area contributed by atoms with Gasteiger partial charge in [0.05, 0.1) is 11.8 Å². The molecular formula is C10H13NO2. The van der Waals surface area contributed by atoms with Crippen molar-refractivity contribution in [1.29, 1.82) is 0 Å². The van der Waals surface area contributed by atoms with Crippen LogP contribution in [0.5, 0.6) is 0 Å². The fraction of sp³-hybridized carbons (Fsp3) is 0.500. The summed E-state index contributed by atoms with van der Waals surface area (Å²) >= 11 is 0. The Morgan fingerprint density at radius 1 is 1.54 bits per heavy atom. The summed E-state index contributed by atoms with van der Waals surface area (Å²) in [5, 5.41) is 9.83. The van der Waals surface area contributed by atoms with E-state index in [0.717, 1.165) is 19.4 Å². The van der Waals surface area contributed by atoms with Crippen LogP contribution in [0.25, 0.3) is 0 Å². The molecular weight excluding hydrogens is 166 g/mol. The highest BCUT2D eigenvalue weighted by Gasteiger charge is 2.25. The van der Waals surface area contributed by atoms with Gasteiger partial charge < -0.3 is 9.84 Å². The van der Waals surface area contributed by atoms with E-state index in [4.69, 9.17) is 4.74 Å². The summed E-state index contributed by atoms with van der Waals surface area (Å²) in [5.41, 5.74) is 0.703. The first-order chi connectivity index (χ1) is 6.38. The molecule has 0 saturated carbocycles. The average molecular weight is 179 g/mol. The van der Waals surface area contributed by atoms with E-state index >= 15 is 0 Å². The first-order valence-corrected chi connectivity index (χ1v) is 4.58. The first-order valence-electron chi connectivity index (χ1n) is 4.58. The number of pyridine rings is 1. The summed E-state index contributed by atoms with van der Waals surface area (Å²) in [6.07, 6.45) is 3.03. The van der Waals surface area contributed by atoms with Gasteiger partial charge in [-0.3, -0.25) is 4.98 Å². The Kier molecular flexibility index (Phi) is 2.57. The molecule has 0 bridgehead atoms. The molecule has 1 aromatic heterocycles. The largest absolute Gasteiger partial charge is 0.384 e. The molecule has 1 unspecified atom stereocenters. The molecule has 3 nitrogen and oxygen atoms in total. The summed E-state index contributed by atoms with van der Waals surface area (Å²) in [4.78, 5) is 4.09. The second-order valence-electron chi connectivity index (χ2n) is 3.25. The number of ether oxygens (including phenoxy) is 1. The number of nitrogens with zero attached hydrogens (tertiary/aromatic N) is 1. The van der Waals surface area contributed by atoms with Gasteiger partial charge in [0.2, 0.25) is 0 Å². The van der Waals surface area contributed by atoms with Crippen LogP contribution in [-0.2, 0) is 4.74 Å². The Labute approximate surface area is 77.4 Å². The minimum atomic E-state index is -0.566. The van der Waals surface area contributed by atoms with Gasteiger partial charge in [-0.1, -0.05) is 6.07 Å². The number of aliphatic hydroxyl groups is 1. The molecule has 0 aliphatic carbocycles. The van der Waals surface area contributed by atoms with Crippen LogP contribution in [0.3, 0.4) is 0 Å². The van der Waals surface area contributed by atoms with Crippen LogP contribution in [0.1, 0.15) is 24.6 Å². The lowest BCUT2D eigenvalue weighted by Crippen LogP contribution is -2.17. The fourth-order valence-electron chi connectivity index (χ4n) is 1.59. The molecule has 1 aliphatic rings. The van der Waals surface area contributed by atoms with Crippen molar-refractivity contribution in [3.63, 3.8) is 0 Å². The van der Waals surface area contributed by atoms with E-state index in [2.05, 4.69) is 4.98 Å². The Morgan fingerprint density at radius 2 is 2.46 bits per heavy atom. The molecule has 1 fully saturated rings. The van der Waals surface area contributed by atoms with Gasteiger partial charge in [-0.05, 0) is 25.0 Å². The molecule has 13 heavy (non-hydrogen) atoms. The van der Waals surface area contributed by atoms with Gasteiger partial charge >= 0.3 is 0 Å². The molecule has 0 radical (unpaired) electrons. The second-order valence-corrected chi connectivity index (χ2v) is 3.25. The third-order valence-corrected chi connectivity index (χ3v) is 2.31. The normalized spacial score (nSPS) is 24.5. The SMILES string of the molecule is O[C@H](c1ccccn1)C1CCCO1. The Morgan fingerprint density at radius 3 is 3.08 bits per heavy atom. The van der Waals surface area contributed by atoms with E-state index in [0.29, 0.717) is 5.69 Å². The van der Waals surface area contributed by atoms with Crippen molar-refractivity contribution in [2.75, 3.05) is 6.61 Å². The van der Waals surface area contributed by atoms with Gasteiger partial charge in [0.25, 0.3) is 0 Å². The smallest absolute Gasteiger partial charge is 0.122 e. The van der Waals surface area contributed by atoms with E-state index < -0.39 is 6.10 Å². The van der Waals surface area contributed by atoms with Crippen molar-refractivity contribution in [2.45, 2.75) is 25.0 Å². The lowest BCUT2D eigenvalue weighted by atomic mass is 10.1. The molecule has 1 saturated heterocycles. The quantitative estimate of drug-likeness (QED) is 0.744. The highest BCUT2D eigenvalue weighted by molar-refractivity contribution is 5.08. The van der Waals surface area contributed by atoms with Crippen molar-refractivity contribution >= 4 is 0 Å². The summed E-state index contributed by atoms with van der Waals surface area (Å²) in [7, 11) is 0. The Bertz CT molecular complexity index is 257. The van der Waals surface area contributed by atoms with Crippen molar-refractivity contribution in [3.05, 3.63) is 30.1 Å². The van der Waals surface area contributed by atoms with Crippen LogP contribution in [0, 0.1) is 0 Å². The summed E-state index contributed by atoms with van der Waals surface area (Å²) in [6.45, 7) is 0.758. The lowest BCUT2D eigenvalue weighted by Gasteiger charge is -2.16. The van der Waals surface area contributed by atoms with Gasteiger partial charge in [0.15, 0.2) is 0 Å². The topological polar surface area (TPSA) is 42.4 Å². The van der Waals surface area contributed by atoms with Crippen LogP contribution in [0.4, 0.5) is 0 Å². The molecule has 0 spiro atoms. The molecule has 1 aliphatic heterocycles. The van der Waals surface area contributed by atoms with E-state index in [9.17, 15) is 5.11 Å². The van der Waals surface area contributed by atoms with E-state index in [1.54, 1.807) is 6.20 Å². The van der Waals surface area contributed by atoms with Gasteiger partial charge in [-0.25, -0.2) is 0 Å². The molecule has 0 aromatic carbocycles. The van der Waals surface area contributed by atoms with E-state index in [-0.39, 0.29) is 6.10 Å². The Balaban J connectivity index is 2.08. The predicted octanol–water partition coefficient (Wildman–Crippen LogP) is 1.29. The highest BCUT2D eigenvalue weighted by atomic mass is 16.5. The minimum Gasteiger partial charge on any atom is -0.384 e. The van der Waals surface area contributed by atoms with Crippen LogP contribution in [0.2, 0.25) is 0 Å². The predicted molar refractivity (Wildman–Crippen MR) is 48.2 cm³/mol. The van der Waals surface area contributed by atoms with Gasteiger partial charge in [0, 0.05) is 12.8 Å². The minimum absolute atomic E-state index is 0.0603. The van der Waals surface area contributed by atoms with E-state index in [1.165, 1.54) is 0 Å². The third kappa shape index (κ3) is 1.87. The zero-order valence-electron chi connectivity index (χ0n) is 7.39. The summed E-state index contributed by atoms with van der Waals surface area (Å²) < 4.78 is 5.38. The van der Waals surface area contributed by atoms with Crippen LogP contribution in [0.15, 0.2) is 24.4 Å². The van der Waals surface area contributed by atoms with Gasteiger partial charge in [-0.15, -0.1) is 0 Å². The van der Waals surface area contributed by atoms with Crippen LogP contribution < -0.4 is 0 Å². The standard InChI is InChI=1S/C10H13NO2/c12-10(9-5-3-7-13-9)8-4-1-2-6-11-8/h1-2,4,6,9-10,12H,3,5,7H2/t9?,10-/m1/s1. The first kappa shape index (κ1) is 8.66. The van der Waals surface area contributed by atoms with Crippen molar-refractivity contribution in [3.8, 4) is 0 Å². The van der Waals surface area contributed by atoms with Crippen molar-refractivity contribution in [1.82, 2.24) is 4.98 Å². The monoisotopic (exact) mass is 179 g/mol. The van der Waals surface area contributed by atoms with Crippen molar-refractivity contribution < 1.29 is 9.84 Å². The van der Waals surface area contributed by atoms with Gasteiger partial charge in [0.1, 0.15) is 6.10 Å². The molecule has 2 heterocycles. The van der Waals surface area contributed by atoms with Gasteiger partial charge in [-0.2, -0.15) is 0 Å². The zero-order chi connectivity index (χ0) is 9.10. The molecule has 2 rings (SSSR count). The number of aliphatic hydroxyl groups excluding tert-OH is 1. The maximum absolute atomic E-state index is 9.83. The molecule has 0 amide bonds. The summed E-state index contributed by atoms with van der Waals surface area (Å²) in [5.74, 6) is 0. The molecule has 1 N–H and O–H groups in total. The second kappa shape index (κ2) is 3.85. The third-order valence-electron chi connectivity index (χ3n) is 2.31. The lowest BCUT2D eigenvalue weighted by molar-refractivity contribution is -0.00470. The molecule has 3 heteroatoms. The van der Waals surface area contributed by atoms with Crippen LogP contribution in [-0.4, -0.2) is 22.8 Å². The fourth-order valence-corrected chi connectivity index (χ4v) is 1.59. The maximum atomic E-state index is 9.83. The van der Waals surface area contributed by atoms with Crippen LogP contribution >= 0.6 is 0 Å². The number of rotatable bonds is 2. The van der Waals surface area contributed by atoms with E-state index in [1.807, 2.05) is 18.2 Å².